The van der Waals surface area contributed by atoms with Gasteiger partial charge in [-0.25, -0.2) is 0 Å². The Balaban J connectivity index is 0.00000280. The molecule has 8 heteroatoms. The first-order valence-corrected chi connectivity index (χ1v) is 11.3. The first-order chi connectivity index (χ1) is 13.4. The number of hydrogen-bond acceptors (Lipinski definition) is 5. The van der Waals surface area contributed by atoms with E-state index in [-0.39, 0.29) is 24.0 Å². The standard InChI is InChI=1S/C20H35N5OS.HI/c1-21-20(22-8-2-3-9-24-12-14-26-15-13-24)23-17-18(19-7-6-16-27-19)25-10-4-5-11-25;/h6-7,16,18H,2-5,8-15,17H2,1H3,(H2,21,22,23);1H. The molecule has 0 saturated carbocycles. The van der Waals surface area contributed by atoms with Gasteiger partial charge in [0.05, 0.1) is 19.3 Å². The average Bonchev–Trinajstić information content (AvgIpc) is 3.42. The van der Waals surface area contributed by atoms with Crippen LogP contribution >= 0.6 is 35.3 Å². The second-order valence-corrected chi connectivity index (χ2v) is 8.29. The average molecular weight is 522 g/mol. The van der Waals surface area contributed by atoms with Gasteiger partial charge in [0.25, 0.3) is 0 Å². The second kappa shape index (κ2) is 13.7. The van der Waals surface area contributed by atoms with Crippen molar-refractivity contribution in [2.24, 2.45) is 4.99 Å². The van der Waals surface area contributed by atoms with Crippen molar-refractivity contribution in [2.45, 2.75) is 31.7 Å². The van der Waals surface area contributed by atoms with Crippen LogP contribution in [0.3, 0.4) is 0 Å². The molecule has 0 radical (unpaired) electrons. The maximum Gasteiger partial charge on any atom is 0.191 e. The maximum absolute atomic E-state index is 5.40. The summed E-state index contributed by atoms with van der Waals surface area (Å²) >= 11 is 1.86. The number of nitrogens with zero attached hydrogens (tertiary/aromatic N) is 3. The van der Waals surface area contributed by atoms with Crippen LogP contribution in [0.1, 0.15) is 36.6 Å². The highest BCUT2D eigenvalue weighted by molar-refractivity contribution is 14.0. The summed E-state index contributed by atoms with van der Waals surface area (Å²) in [6, 6.07) is 4.87. The largest absolute Gasteiger partial charge is 0.379 e. The van der Waals surface area contributed by atoms with Gasteiger partial charge < -0.3 is 15.4 Å². The minimum atomic E-state index is 0. The van der Waals surface area contributed by atoms with E-state index in [9.17, 15) is 0 Å². The number of hydrogen-bond donors (Lipinski definition) is 2. The van der Waals surface area contributed by atoms with Crippen LogP contribution in [-0.4, -0.2) is 81.8 Å². The Morgan fingerprint density at radius 1 is 1.18 bits per heavy atom. The zero-order valence-electron chi connectivity index (χ0n) is 17.1. The number of guanidine groups is 1. The molecule has 0 bridgehead atoms. The van der Waals surface area contributed by atoms with Crippen molar-refractivity contribution >= 4 is 41.3 Å². The molecule has 28 heavy (non-hydrogen) atoms. The molecule has 0 aliphatic carbocycles. The molecule has 1 atom stereocenters. The normalized spacial score (nSPS) is 20.0. The van der Waals surface area contributed by atoms with Crippen molar-refractivity contribution in [1.29, 1.82) is 0 Å². The predicted octanol–water partition coefficient (Wildman–Crippen LogP) is 2.78. The van der Waals surface area contributed by atoms with Gasteiger partial charge in [0.1, 0.15) is 0 Å². The van der Waals surface area contributed by atoms with E-state index in [1.54, 1.807) is 0 Å². The molecule has 1 unspecified atom stereocenters. The number of rotatable bonds is 9. The smallest absolute Gasteiger partial charge is 0.191 e. The number of aliphatic imine (C=N–C) groups is 1. The van der Waals surface area contributed by atoms with Crippen LogP contribution in [0.15, 0.2) is 22.5 Å². The summed E-state index contributed by atoms with van der Waals surface area (Å²) in [4.78, 5) is 11.0. The Morgan fingerprint density at radius 2 is 1.96 bits per heavy atom. The van der Waals surface area contributed by atoms with Crippen LogP contribution in [0.25, 0.3) is 0 Å². The van der Waals surface area contributed by atoms with Gasteiger partial charge in [-0.05, 0) is 56.8 Å². The van der Waals surface area contributed by atoms with E-state index in [0.29, 0.717) is 6.04 Å². The summed E-state index contributed by atoms with van der Waals surface area (Å²) in [5.41, 5.74) is 0. The van der Waals surface area contributed by atoms with Crippen LogP contribution in [-0.2, 0) is 4.74 Å². The van der Waals surface area contributed by atoms with E-state index in [2.05, 4.69) is 42.9 Å². The van der Waals surface area contributed by atoms with Gasteiger partial charge in [-0.2, -0.15) is 0 Å². The number of ether oxygens (including phenoxy) is 1. The minimum absolute atomic E-state index is 0. The van der Waals surface area contributed by atoms with Gasteiger partial charge in [0.2, 0.25) is 0 Å². The van der Waals surface area contributed by atoms with Gasteiger partial charge in [-0.1, -0.05) is 6.07 Å². The van der Waals surface area contributed by atoms with Crippen molar-refractivity contribution in [3.05, 3.63) is 22.4 Å². The van der Waals surface area contributed by atoms with Crippen molar-refractivity contribution < 1.29 is 4.74 Å². The Labute approximate surface area is 191 Å². The molecule has 3 rings (SSSR count). The summed E-state index contributed by atoms with van der Waals surface area (Å²) in [5.74, 6) is 0.919. The number of morpholine rings is 1. The first-order valence-electron chi connectivity index (χ1n) is 10.4. The molecule has 2 saturated heterocycles. The van der Waals surface area contributed by atoms with E-state index in [0.717, 1.165) is 45.4 Å². The zero-order chi connectivity index (χ0) is 18.7. The van der Waals surface area contributed by atoms with Gasteiger partial charge in [-0.15, -0.1) is 35.3 Å². The number of thiophene rings is 1. The molecule has 0 spiro atoms. The highest BCUT2D eigenvalue weighted by Gasteiger charge is 2.24. The summed E-state index contributed by atoms with van der Waals surface area (Å²) in [6.07, 6.45) is 5.02. The van der Waals surface area contributed by atoms with Crippen LogP contribution in [0, 0.1) is 0 Å². The molecule has 1 aromatic heterocycles. The molecule has 6 nitrogen and oxygen atoms in total. The fraction of sp³-hybridized carbons (Fsp3) is 0.750. The van der Waals surface area contributed by atoms with Gasteiger partial charge in [-0.3, -0.25) is 14.8 Å². The van der Waals surface area contributed by atoms with E-state index in [1.807, 2.05) is 18.4 Å². The van der Waals surface area contributed by atoms with Crippen molar-refractivity contribution in [3.8, 4) is 0 Å². The topological polar surface area (TPSA) is 52.1 Å². The molecule has 2 fully saturated rings. The fourth-order valence-electron chi connectivity index (χ4n) is 3.85. The maximum atomic E-state index is 5.40. The SMILES string of the molecule is CN=C(NCCCCN1CCOCC1)NCC(c1cccs1)N1CCCC1.I. The third-order valence-corrected chi connectivity index (χ3v) is 6.41. The number of halogens is 1. The van der Waals surface area contributed by atoms with Crippen LogP contribution in [0.5, 0.6) is 0 Å². The molecular formula is C20H36IN5OS. The Morgan fingerprint density at radius 3 is 2.64 bits per heavy atom. The minimum Gasteiger partial charge on any atom is -0.379 e. The highest BCUT2D eigenvalue weighted by atomic mass is 127. The van der Waals surface area contributed by atoms with E-state index < -0.39 is 0 Å². The predicted molar refractivity (Wildman–Crippen MR) is 129 cm³/mol. The third-order valence-electron chi connectivity index (χ3n) is 5.44. The second-order valence-electron chi connectivity index (χ2n) is 7.32. The lowest BCUT2D eigenvalue weighted by Crippen LogP contribution is -2.43. The van der Waals surface area contributed by atoms with Crippen molar-refractivity contribution in [2.75, 3.05) is 66.1 Å². The molecule has 1 aromatic rings. The molecule has 0 aromatic carbocycles. The Bertz CT molecular complexity index is 545. The molecular weight excluding hydrogens is 485 g/mol. The van der Waals surface area contributed by atoms with E-state index in [1.165, 1.54) is 50.2 Å². The monoisotopic (exact) mass is 521 g/mol. The quantitative estimate of drug-likeness (QED) is 0.227. The van der Waals surface area contributed by atoms with Crippen LogP contribution in [0.2, 0.25) is 0 Å². The first kappa shape index (κ1) is 23.9. The number of unbranched alkanes of at least 4 members (excludes halogenated alkanes) is 1. The lowest BCUT2D eigenvalue weighted by molar-refractivity contribution is 0.0372. The van der Waals surface area contributed by atoms with Gasteiger partial charge >= 0.3 is 0 Å². The molecule has 160 valence electrons. The summed E-state index contributed by atoms with van der Waals surface area (Å²) in [5, 5.41) is 9.21. The molecule has 2 aliphatic heterocycles. The number of nitrogens with one attached hydrogen (secondary N) is 2. The van der Waals surface area contributed by atoms with E-state index >= 15 is 0 Å². The van der Waals surface area contributed by atoms with Crippen LogP contribution < -0.4 is 10.6 Å². The fourth-order valence-corrected chi connectivity index (χ4v) is 4.71. The summed E-state index contributed by atoms with van der Waals surface area (Å²) in [7, 11) is 1.86. The zero-order valence-corrected chi connectivity index (χ0v) is 20.2. The lowest BCUT2D eigenvalue weighted by atomic mass is 10.2. The molecule has 2 aliphatic rings. The molecule has 3 heterocycles. The van der Waals surface area contributed by atoms with Crippen LogP contribution in [0.4, 0.5) is 0 Å². The third kappa shape index (κ3) is 7.78. The lowest BCUT2D eigenvalue weighted by Gasteiger charge is -2.28. The van der Waals surface area contributed by atoms with Gasteiger partial charge in [0.15, 0.2) is 5.96 Å². The van der Waals surface area contributed by atoms with E-state index in [4.69, 9.17) is 4.74 Å². The summed E-state index contributed by atoms with van der Waals surface area (Å²) in [6.45, 7) is 9.40. The molecule has 2 N–H and O–H groups in total. The Hall–Kier alpha value is -0.420. The molecule has 0 amide bonds. The number of likely N-dealkylation sites (tertiary alicyclic amines) is 1. The Kier molecular flexibility index (Phi) is 11.7. The van der Waals surface area contributed by atoms with Crippen molar-refractivity contribution in [3.63, 3.8) is 0 Å². The van der Waals surface area contributed by atoms with Crippen molar-refractivity contribution in [1.82, 2.24) is 20.4 Å². The summed E-state index contributed by atoms with van der Waals surface area (Å²) < 4.78 is 5.40. The van der Waals surface area contributed by atoms with Gasteiger partial charge in [0, 0.05) is 38.1 Å². The highest BCUT2D eigenvalue weighted by Crippen LogP contribution is 2.27.